The van der Waals surface area contributed by atoms with Crippen molar-refractivity contribution in [2.45, 2.75) is 64.3 Å². The van der Waals surface area contributed by atoms with Gasteiger partial charge in [0.05, 0.1) is 12.3 Å². The van der Waals surface area contributed by atoms with Crippen molar-refractivity contribution in [3.63, 3.8) is 0 Å². The second kappa shape index (κ2) is 6.85. The predicted octanol–water partition coefficient (Wildman–Crippen LogP) is 1.08. The first-order valence-corrected chi connectivity index (χ1v) is 7.69. The molecule has 4 unspecified atom stereocenters. The molecular weight excluding hydrogens is 224 g/mol. The largest absolute Gasteiger partial charge is 0.316 e. The zero-order valence-corrected chi connectivity index (χ0v) is 12.0. The molecule has 2 heterocycles. The molecule has 0 saturated carbocycles. The van der Waals surface area contributed by atoms with Crippen LogP contribution in [-0.4, -0.2) is 42.9 Å². The quantitative estimate of drug-likeness (QED) is 0.703. The molecule has 18 heavy (non-hydrogen) atoms. The Morgan fingerprint density at radius 2 is 2.17 bits per heavy atom. The minimum Gasteiger partial charge on any atom is -0.316 e. The van der Waals surface area contributed by atoms with E-state index in [0.717, 1.165) is 19.1 Å². The number of rotatable bonds is 4. The first-order chi connectivity index (χ1) is 8.70. The molecule has 4 atom stereocenters. The maximum absolute atomic E-state index is 6.28. The van der Waals surface area contributed by atoms with Gasteiger partial charge < -0.3 is 16.0 Å². The van der Waals surface area contributed by atoms with E-state index < -0.39 is 0 Å². The SMILES string of the molecule is CCCC1NCC(CN2CCCCC2C)C(N)N1. The molecule has 0 bridgehead atoms. The van der Waals surface area contributed by atoms with Gasteiger partial charge in [-0.2, -0.15) is 0 Å². The molecule has 0 aliphatic carbocycles. The van der Waals surface area contributed by atoms with Gasteiger partial charge in [0, 0.05) is 25.0 Å². The third-order valence-electron chi connectivity index (χ3n) is 4.51. The van der Waals surface area contributed by atoms with Crippen LogP contribution in [0.15, 0.2) is 0 Å². The van der Waals surface area contributed by atoms with E-state index in [1.54, 1.807) is 0 Å². The molecule has 0 amide bonds. The standard InChI is InChI=1S/C14H30N4/c1-3-6-13-16-9-12(14(15)17-13)10-18-8-5-4-7-11(18)2/h11-14,16-17H,3-10,15H2,1-2H3. The monoisotopic (exact) mass is 254 g/mol. The molecule has 2 aliphatic heterocycles. The van der Waals surface area contributed by atoms with Crippen LogP contribution in [0.2, 0.25) is 0 Å². The van der Waals surface area contributed by atoms with Crippen molar-refractivity contribution in [2.75, 3.05) is 19.6 Å². The van der Waals surface area contributed by atoms with E-state index in [9.17, 15) is 0 Å². The molecule has 106 valence electrons. The van der Waals surface area contributed by atoms with E-state index in [0.29, 0.717) is 12.1 Å². The Labute approximate surface area is 112 Å². The van der Waals surface area contributed by atoms with Crippen LogP contribution in [0.3, 0.4) is 0 Å². The first-order valence-electron chi connectivity index (χ1n) is 7.69. The normalized spacial score (nSPS) is 38.8. The Bertz CT molecular complexity index is 246. The maximum Gasteiger partial charge on any atom is 0.0612 e. The number of likely N-dealkylation sites (tertiary alicyclic amines) is 1. The van der Waals surface area contributed by atoms with Gasteiger partial charge in [-0.25, -0.2) is 0 Å². The summed E-state index contributed by atoms with van der Waals surface area (Å²) in [7, 11) is 0. The van der Waals surface area contributed by atoms with Gasteiger partial charge >= 0.3 is 0 Å². The minimum atomic E-state index is 0.150. The summed E-state index contributed by atoms with van der Waals surface area (Å²) in [4.78, 5) is 2.62. The lowest BCUT2D eigenvalue weighted by molar-refractivity contribution is 0.102. The van der Waals surface area contributed by atoms with E-state index in [2.05, 4.69) is 29.4 Å². The number of hydrogen-bond acceptors (Lipinski definition) is 4. The Balaban J connectivity index is 1.79. The lowest BCUT2D eigenvalue weighted by Crippen LogP contribution is -2.64. The third-order valence-corrected chi connectivity index (χ3v) is 4.51. The van der Waals surface area contributed by atoms with Crippen molar-refractivity contribution >= 4 is 0 Å². The lowest BCUT2D eigenvalue weighted by atomic mass is 9.97. The highest BCUT2D eigenvalue weighted by Crippen LogP contribution is 2.19. The van der Waals surface area contributed by atoms with E-state index in [4.69, 9.17) is 5.73 Å². The molecule has 2 saturated heterocycles. The van der Waals surface area contributed by atoms with E-state index >= 15 is 0 Å². The molecule has 4 heteroatoms. The summed E-state index contributed by atoms with van der Waals surface area (Å²) in [6.07, 6.45) is 7.03. The second-order valence-electron chi connectivity index (χ2n) is 6.04. The Morgan fingerprint density at radius 1 is 1.33 bits per heavy atom. The number of piperidine rings is 1. The van der Waals surface area contributed by atoms with Gasteiger partial charge in [-0.3, -0.25) is 5.32 Å². The van der Waals surface area contributed by atoms with Crippen molar-refractivity contribution in [1.82, 2.24) is 15.5 Å². The van der Waals surface area contributed by atoms with Gasteiger partial charge in [0.2, 0.25) is 0 Å². The number of nitrogens with one attached hydrogen (secondary N) is 2. The van der Waals surface area contributed by atoms with Crippen LogP contribution >= 0.6 is 0 Å². The summed E-state index contributed by atoms with van der Waals surface area (Å²) in [5.74, 6) is 0.540. The fourth-order valence-corrected chi connectivity index (χ4v) is 3.23. The van der Waals surface area contributed by atoms with Gasteiger partial charge in [0.25, 0.3) is 0 Å². The predicted molar refractivity (Wildman–Crippen MR) is 76.2 cm³/mol. The molecule has 2 aliphatic rings. The van der Waals surface area contributed by atoms with Crippen molar-refractivity contribution in [2.24, 2.45) is 11.7 Å². The fraction of sp³-hybridized carbons (Fsp3) is 1.00. The summed E-state index contributed by atoms with van der Waals surface area (Å²) in [5.41, 5.74) is 6.28. The zero-order valence-electron chi connectivity index (χ0n) is 12.0. The molecule has 4 N–H and O–H groups in total. The number of hydrogen-bond donors (Lipinski definition) is 3. The zero-order chi connectivity index (χ0) is 13.0. The van der Waals surface area contributed by atoms with Crippen molar-refractivity contribution in [1.29, 1.82) is 0 Å². The fourth-order valence-electron chi connectivity index (χ4n) is 3.23. The Hall–Kier alpha value is -0.160. The van der Waals surface area contributed by atoms with Gasteiger partial charge in [0.1, 0.15) is 0 Å². The van der Waals surface area contributed by atoms with E-state index in [1.807, 2.05) is 0 Å². The Kier molecular flexibility index (Phi) is 5.42. The summed E-state index contributed by atoms with van der Waals surface area (Å²) in [6.45, 7) is 8.02. The molecule has 0 radical (unpaired) electrons. The first kappa shape index (κ1) is 14.3. The average molecular weight is 254 g/mol. The van der Waals surface area contributed by atoms with Crippen LogP contribution in [0.25, 0.3) is 0 Å². The molecule has 0 aromatic carbocycles. The summed E-state index contributed by atoms with van der Waals surface area (Å²) >= 11 is 0. The van der Waals surface area contributed by atoms with Crippen LogP contribution in [0.1, 0.15) is 46.0 Å². The average Bonchev–Trinajstić information content (AvgIpc) is 2.35. The Morgan fingerprint density at radius 3 is 2.83 bits per heavy atom. The van der Waals surface area contributed by atoms with Crippen molar-refractivity contribution in [3.8, 4) is 0 Å². The minimum absolute atomic E-state index is 0.150. The molecule has 2 fully saturated rings. The highest BCUT2D eigenvalue weighted by Gasteiger charge is 2.29. The molecule has 4 nitrogen and oxygen atoms in total. The van der Waals surface area contributed by atoms with Crippen LogP contribution in [-0.2, 0) is 0 Å². The lowest BCUT2D eigenvalue weighted by Gasteiger charge is -2.41. The van der Waals surface area contributed by atoms with Crippen LogP contribution in [0.4, 0.5) is 0 Å². The molecule has 2 rings (SSSR count). The smallest absolute Gasteiger partial charge is 0.0612 e. The summed E-state index contributed by atoms with van der Waals surface area (Å²) in [5, 5.41) is 7.10. The van der Waals surface area contributed by atoms with Gasteiger partial charge in [-0.1, -0.05) is 19.8 Å². The van der Waals surface area contributed by atoms with Crippen LogP contribution < -0.4 is 16.4 Å². The molecular formula is C14H30N4. The van der Waals surface area contributed by atoms with Gasteiger partial charge in [-0.05, 0) is 32.7 Å². The second-order valence-corrected chi connectivity index (χ2v) is 6.04. The van der Waals surface area contributed by atoms with Crippen LogP contribution in [0, 0.1) is 5.92 Å². The maximum atomic E-state index is 6.28. The molecule has 0 aromatic rings. The van der Waals surface area contributed by atoms with E-state index in [-0.39, 0.29) is 6.17 Å². The number of nitrogens with two attached hydrogens (primary N) is 1. The van der Waals surface area contributed by atoms with Crippen LogP contribution in [0.5, 0.6) is 0 Å². The van der Waals surface area contributed by atoms with Gasteiger partial charge in [-0.15, -0.1) is 0 Å². The van der Waals surface area contributed by atoms with Crippen molar-refractivity contribution < 1.29 is 0 Å². The van der Waals surface area contributed by atoms with E-state index in [1.165, 1.54) is 38.6 Å². The summed E-state index contributed by atoms with van der Waals surface area (Å²) in [6, 6.07) is 0.735. The third kappa shape index (κ3) is 3.67. The number of nitrogens with zero attached hydrogens (tertiary/aromatic N) is 1. The van der Waals surface area contributed by atoms with Crippen molar-refractivity contribution in [3.05, 3.63) is 0 Å². The highest BCUT2D eigenvalue weighted by molar-refractivity contribution is 4.86. The molecule has 0 aromatic heterocycles. The molecule has 0 spiro atoms. The highest BCUT2D eigenvalue weighted by atomic mass is 15.2. The topological polar surface area (TPSA) is 53.3 Å². The summed E-state index contributed by atoms with van der Waals surface area (Å²) < 4.78 is 0. The van der Waals surface area contributed by atoms with Gasteiger partial charge in [0.15, 0.2) is 0 Å².